The molecule has 1 aliphatic rings. The third-order valence-corrected chi connectivity index (χ3v) is 5.04. The first kappa shape index (κ1) is 20.8. The molecule has 0 aliphatic carbocycles. The maximum absolute atomic E-state index is 6.03. The van der Waals surface area contributed by atoms with Crippen LogP contribution < -0.4 is 10.6 Å². The van der Waals surface area contributed by atoms with E-state index in [2.05, 4.69) is 29.5 Å². The van der Waals surface area contributed by atoms with Crippen LogP contribution in [0.15, 0.2) is 27.8 Å². The minimum absolute atomic E-state index is 0.347. The van der Waals surface area contributed by atoms with Gasteiger partial charge in [-0.15, -0.1) is 0 Å². The number of hydrogen-bond donors (Lipinski definition) is 2. The zero-order valence-corrected chi connectivity index (χ0v) is 16.5. The minimum atomic E-state index is 0.347. The first-order valence-electron chi connectivity index (χ1n) is 9.94. The standard InChI is InChI=1S/C20H35N3O3/c1-4-16(5-2)19-15-17(9-13-26-19)23-20(22-11-14-24-3)21-10-8-18-7-6-12-25-18/h6-7,12,16-17,19H,4-5,8-11,13-15H2,1-3H3,(H2,21,22,23). The molecule has 2 rings (SSSR count). The van der Waals surface area contributed by atoms with E-state index >= 15 is 0 Å². The molecule has 148 valence electrons. The maximum Gasteiger partial charge on any atom is 0.191 e. The van der Waals surface area contributed by atoms with Gasteiger partial charge in [-0.1, -0.05) is 26.7 Å². The Bertz CT molecular complexity index is 500. The van der Waals surface area contributed by atoms with Crippen LogP contribution in [0.1, 0.15) is 45.3 Å². The summed E-state index contributed by atoms with van der Waals surface area (Å²) in [6, 6.07) is 4.31. The molecular weight excluding hydrogens is 330 g/mol. The Balaban J connectivity index is 1.86. The molecule has 6 heteroatoms. The second-order valence-corrected chi connectivity index (χ2v) is 6.83. The van der Waals surface area contributed by atoms with E-state index in [9.17, 15) is 0 Å². The highest BCUT2D eigenvalue weighted by Crippen LogP contribution is 2.25. The van der Waals surface area contributed by atoms with Crippen LogP contribution in [0.4, 0.5) is 0 Å². The van der Waals surface area contributed by atoms with Gasteiger partial charge in [0.2, 0.25) is 0 Å². The Morgan fingerprint density at radius 1 is 1.38 bits per heavy atom. The summed E-state index contributed by atoms with van der Waals surface area (Å²) in [6.45, 7) is 7.37. The molecule has 2 heterocycles. The molecule has 0 aromatic carbocycles. The molecule has 26 heavy (non-hydrogen) atoms. The summed E-state index contributed by atoms with van der Waals surface area (Å²) in [5.41, 5.74) is 0. The summed E-state index contributed by atoms with van der Waals surface area (Å²) >= 11 is 0. The fourth-order valence-corrected chi connectivity index (χ4v) is 3.46. The topological polar surface area (TPSA) is 68.0 Å². The van der Waals surface area contributed by atoms with E-state index in [1.165, 1.54) is 12.8 Å². The number of guanidine groups is 1. The number of nitrogens with zero attached hydrogens (tertiary/aromatic N) is 1. The molecule has 1 saturated heterocycles. The number of methoxy groups -OCH3 is 1. The molecule has 2 atom stereocenters. The van der Waals surface area contributed by atoms with Gasteiger partial charge in [0.05, 0.1) is 25.5 Å². The lowest BCUT2D eigenvalue weighted by Gasteiger charge is -2.35. The molecule has 2 N–H and O–H groups in total. The molecule has 2 unspecified atom stereocenters. The highest BCUT2D eigenvalue weighted by atomic mass is 16.5. The van der Waals surface area contributed by atoms with Gasteiger partial charge >= 0.3 is 0 Å². The Morgan fingerprint density at radius 2 is 2.23 bits per heavy atom. The second kappa shape index (κ2) is 12.0. The first-order chi connectivity index (χ1) is 12.8. The zero-order valence-electron chi connectivity index (χ0n) is 16.5. The van der Waals surface area contributed by atoms with E-state index in [-0.39, 0.29) is 0 Å². The number of furan rings is 1. The molecule has 0 radical (unpaired) electrons. The van der Waals surface area contributed by atoms with E-state index in [0.29, 0.717) is 31.2 Å². The zero-order chi connectivity index (χ0) is 18.6. The van der Waals surface area contributed by atoms with Crippen molar-refractivity contribution in [1.29, 1.82) is 0 Å². The molecule has 0 spiro atoms. The summed E-state index contributed by atoms with van der Waals surface area (Å²) in [6.07, 6.45) is 7.28. The third kappa shape index (κ3) is 7.00. The van der Waals surface area contributed by atoms with Gasteiger partial charge in [-0.2, -0.15) is 0 Å². The lowest BCUT2D eigenvalue weighted by Crippen LogP contribution is -2.49. The molecule has 1 fully saturated rings. The van der Waals surface area contributed by atoms with Crippen LogP contribution in [0, 0.1) is 5.92 Å². The molecule has 6 nitrogen and oxygen atoms in total. The van der Waals surface area contributed by atoms with Gasteiger partial charge < -0.3 is 24.5 Å². The Hall–Kier alpha value is -1.53. The molecule has 0 bridgehead atoms. The molecular formula is C20H35N3O3. The van der Waals surface area contributed by atoms with Crippen molar-refractivity contribution < 1.29 is 13.9 Å². The van der Waals surface area contributed by atoms with Crippen LogP contribution >= 0.6 is 0 Å². The monoisotopic (exact) mass is 365 g/mol. The van der Waals surface area contributed by atoms with Crippen LogP contribution in [-0.2, 0) is 15.9 Å². The van der Waals surface area contributed by atoms with Crippen LogP contribution in [-0.4, -0.2) is 51.5 Å². The van der Waals surface area contributed by atoms with Gasteiger partial charge in [-0.3, -0.25) is 4.99 Å². The highest BCUT2D eigenvalue weighted by molar-refractivity contribution is 5.80. The summed E-state index contributed by atoms with van der Waals surface area (Å²) in [7, 11) is 1.70. The van der Waals surface area contributed by atoms with E-state index < -0.39 is 0 Å². The van der Waals surface area contributed by atoms with Gasteiger partial charge in [-0.05, 0) is 30.9 Å². The van der Waals surface area contributed by atoms with Crippen molar-refractivity contribution in [2.45, 2.75) is 58.1 Å². The molecule has 1 aromatic heterocycles. The average molecular weight is 366 g/mol. The number of rotatable bonds is 10. The fraction of sp³-hybridized carbons (Fsp3) is 0.750. The van der Waals surface area contributed by atoms with Crippen molar-refractivity contribution in [3.05, 3.63) is 24.2 Å². The molecule has 0 amide bonds. The minimum Gasteiger partial charge on any atom is -0.469 e. The lowest BCUT2D eigenvalue weighted by atomic mass is 9.89. The third-order valence-electron chi connectivity index (χ3n) is 5.04. The second-order valence-electron chi connectivity index (χ2n) is 6.83. The van der Waals surface area contributed by atoms with Gasteiger partial charge in [0.25, 0.3) is 0 Å². The van der Waals surface area contributed by atoms with E-state index in [4.69, 9.17) is 13.9 Å². The van der Waals surface area contributed by atoms with Gasteiger partial charge in [0.1, 0.15) is 5.76 Å². The van der Waals surface area contributed by atoms with E-state index in [0.717, 1.165) is 44.1 Å². The highest BCUT2D eigenvalue weighted by Gasteiger charge is 2.28. The Labute approximate surface area is 157 Å². The van der Waals surface area contributed by atoms with Crippen molar-refractivity contribution in [1.82, 2.24) is 10.6 Å². The first-order valence-corrected chi connectivity index (χ1v) is 9.94. The average Bonchev–Trinajstić information content (AvgIpc) is 3.17. The Kier molecular flexibility index (Phi) is 9.56. The van der Waals surface area contributed by atoms with Gasteiger partial charge in [0.15, 0.2) is 5.96 Å². The predicted octanol–water partition coefficient (Wildman–Crippen LogP) is 2.99. The van der Waals surface area contributed by atoms with Crippen LogP contribution in [0.25, 0.3) is 0 Å². The SMILES string of the molecule is CCC(CC)C1CC(NC(=NCCOC)NCCc2ccco2)CCO1. The van der Waals surface area contributed by atoms with Crippen LogP contribution in [0.5, 0.6) is 0 Å². The van der Waals surface area contributed by atoms with Crippen molar-refractivity contribution >= 4 is 5.96 Å². The largest absolute Gasteiger partial charge is 0.469 e. The van der Waals surface area contributed by atoms with Crippen molar-refractivity contribution in [2.24, 2.45) is 10.9 Å². The van der Waals surface area contributed by atoms with Crippen molar-refractivity contribution in [2.75, 3.05) is 33.4 Å². The number of aliphatic imine (C=N–C) groups is 1. The van der Waals surface area contributed by atoms with E-state index in [1.54, 1.807) is 13.4 Å². The van der Waals surface area contributed by atoms with E-state index in [1.807, 2.05) is 12.1 Å². The number of hydrogen-bond acceptors (Lipinski definition) is 4. The number of nitrogens with one attached hydrogen (secondary N) is 2. The summed E-state index contributed by atoms with van der Waals surface area (Å²) in [5.74, 6) is 2.47. The van der Waals surface area contributed by atoms with Crippen molar-refractivity contribution in [3.8, 4) is 0 Å². The summed E-state index contributed by atoms with van der Waals surface area (Å²) in [5, 5.41) is 7.02. The smallest absolute Gasteiger partial charge is 0.191 e. The predicted molar refractivity (Wildman–Crippen MR) is 105 cm³/mol. The summed E-state index contributed by atoms with van der Waals surface area (Å²) in [4.78, 5) is 4.63. The fourth-order valence-electron chi connectivity index (χ4n) is 3.46. The quantitative estimate of drug-likeness (QED) is 0.379. The maximum atomic E-state index is 6.03. The van der Waals surface area contributed by atoms with Crippen LogP contribution in [0.2, 0.25) is 0 Å². The summed E-state index contributed by atoms with van der Waals surface area (Å²) < 4.78 is 16.5. The lowest BCUT2D eigenvalue weighted by molar-refractivity contribution is -0.0324. The Morgan fingerprint density at radius 3 is 2.92 bits per heavy atom. The normalized spacial score (nSPS) is 21.2. The molecule has 1 aliphatic heterocycles. The molecule has 0 saturated carbocycles. The number of ether oxygens (including phenoxy) is 2. The molecule has 1 aromatic rings. The van der Waals surface area contributed by atoms with Gasteiger partial charge in [0, 0.05) is 32.7 Å². The van der Waals surface area contributed by atoms with Crippen LogP contribution in [0.3, 0.4) is 0 Å². The van der Waals surface area contributed by atoms with Crippen molar-refractivity contribution in [3.63, 3.8) is 0 Å². The van der Waals surface area contributed by atoms with Gasteiger partial charge in [-0.25, -0.2) is 0 Å².